The highest BCUT2D eigenvalue weighted by Gasteiger charge is 2.20. The number of urea groups is 1. The van der Waals surface area contributed by atoms with E-state index in [2.05, 4.69) is 10.6 Å². The average molecular weight is 260 g/mol. The van der Waals surface area contributed by atoms with Gasteiger partial charge in [-0.3, -0.25) is 0 Å². The van der Waals surface area contributed by atoms with E-state index in [4.69, 9.17) is 11.0 Å². The van der Waals surface area contributed by atoms with Gasteiger partial charge in [0.2, 0.25) is 0 Å². The van der Waals surface area contributed by atoms with E-state index in [1.54, 1.807) is 24.3 Å². The average Bonchev–Trinajstić information content (AvgIpc) is 2.45. The molecule has 0 saturated heterocycles. The Bertz CT molecular complexity index is 475. The zero-order valence-corrected chi connectivity index (χ0v) is 11.4. The van der Waals surface area contributed by atoms with Gasteiger partial charge in [-0.1, -0.05) is 19.9 Å². The molecule has 2 amide bonds. The summed E-state index contributed by atoms with van der Waals surface area (Å²) in [5.74, 6) is 0. The second-order valence-electron chi connectivity index (χ2n) is 4.57. The Morgan fingerprint density at radius 2 is 2.11 bits per heavy atom. The Kier molecular flexibility index (Phi) is 5.34. The summed E-state index contributed by atoms with van der Waals surface area (Å²) in [4.78, 5) is 11.7. The molecule has 0 saturated carbocycles. The first-order chi connectivity index (χ1) is 9.03. The summed E-state index contributed by atoms with van der Waals surface area (Å²) in [5.41, 5.74) is 6.83. The molecule has 5 nitrogen and oxygen atoms in total. The van der Waals surface area contributed by atoms with Crippen LogP contribution in [0.1, 0.15) is 32.3 Å². The van der Waals surface area contributed by atoms with Crippen LogP contribution in [0.4, 0.5) is 10.5 Å². The van der Waals surface area contributed by atoms with Gasteiger partial charge in [0.25, 0.3) is 0 Å². The van der Waals surface area contributed by atoms with Gasteiger partial charge in [0.1, 0.15) is 0 Å². The van der Waals surface area contributed by atoms with E-state index in [0.29, 0.717) is 17.8 Å². The number of nitrogens with zero attached hydrogens (tertiary/aromatic N) is 1. The van der Waals surface area contributed by atoms with Gasteiger partial charge in [-0.05, 0) is 31.0 Å². The molecule has 0 aromatic heterocycles. The van der Waals surface area contributed by atoms with Crippen LogP contribution in [-0.4, -0.2) is 18.1 Å². The Labute approximate surface area is 113 Å². The van der Waals surface area contributed by atoms with E-state index in [-0.39, 0.29) is 11.6 Å². The highest BCUT2D eigenvalue weighted by atomic mass is 16.2. The molecule has 1 aromatic carbocycles. The van der Waals surface area contributed by atoms with Crippen LogP contribution in [-0.2, 0) is 0 Å². The summed E-state index contributed by atoms with van der Waals surface area (Å²) in [7, 11) is 0. The zero-order valence-electron chi connectivity index (χ0n) is 11.4. The molecule has 0 spiro atoms. The van der Waals surface area contributed by atoms with E-state index < -0.39 is 0 Å². The highest BCUT2D eigenvalue weighted by Crippen LogP contribution is 2.11. The molecule has 0 atom stereocenters. The molecule has 5 heteroatoms. The van der Waals surface area contributed by atoms with E-state index in [1.807, 2.05) is 19.9 Å². The lowest BCUT2D eigenvalue weighted by molar-refractivity contribution is 0.247. The second kappa shape index (κ2) is 6.76. The maximum Gasteiger partial charge on any atom is 0.319 e. The van der Waals surface area contributed by atoms with Crippen molar-refractivity contribution < 1.29 is 4.79 Å². The Morgan fingerprint density at radius 1 is 1.42 bits per heavy atom. The molecule has 4 N–H and O–H groups in total. The summed E-state index contributed by atoms with van der Waals surface area (Å²) in [6, 6.07) is 8.47. The van der Waals surface area contributed by atoms with Crippen LogP contribution < -0.4 is 16.4 Å². The number of rotatable bonds is 5. The second-order valence-corrected chi connectivity index (χ2v) is 4.57. The molecule has 0 fully saturated rings. The third-order valence-electron chi connectivity index (χ3n) is 3.26. The highest BCUT2D eigenvalue weighted by molar-refractivity contribution is 5.89. The predicted octanol–water partition coefficient (Wildman–Crippen LogP) is 2.20. The van der Waals surface area contributed by atoms with Gasteiger partial charge in [-0.25, -0.2) is 4.79 Å². The number of amides is 2. The van der Waals surface area contributed by atoms with Crippen molar-refractivity contribution in [3.8, 4) is 6.07 Å². The van der Waals surface area contributed by atoms with Gasteiger partial charge >= 0.3 is 6.03 Å². The number of nitrogens with two attached hydrogens (primary N) is 1. The number of nitrogens with one attached hydrogen (secondary N) is 2. The van der Waals surface area contributed by atoms with Gasteiger partial charge in [0.05, 0.1) is 11.6 Å². The molecule has 19 heavy (non-hydrogen) atoms. The standard InChI is InChI=1S/C14H20N4O/c1-3-14(16,4-2)10-17-13(19)18-12-7-5-6-11(8-12)9-15/h5-8H,3-4,10,16H2,1-2H3,(H2,17,18,19). The van der Waals surface area contributed by atoms with Gasteiger partial charge in [-0.15, -0.1) is 0 Å². The fraction of sp³-hybridized carbons (Fsp3) is 0.429. The van der Waals surface area contributed by atoms with Crippen LogP contribution in [0, 0.1) is 11.3 Å². The molecule has 0 bridgehead atoms. The smallest absolute Gasteiger partial charge is 0.319 e. The zero-order chi connectivity index (χ0) is 14.3. The van der Waals surface area contributed by atoms with Crippen LogP contribution >= 0.6 is 0 Å². The SMILES string of the molecule is CCC(N)(CC)CNC(=O)Nc1cccc(C#N)c1. The van der Waals surface area contributed by atoms with Crippen molar-refractivity contribution in [3.05, 3.63) is 29.8 Å². The summed E-state index contributed by atoms with van der Waals surface area (Å²) in [5, 5.41) is 14.2. The minimum Gasteiger partial charge on any atom is -0.336 e. The van der Waals surface area contributed by atoms with Crippen molar-refractivity contribution >= 4 is 11.7 Å². The van der Waals surface area contributed by atoms with Gasteiger partial charge < -0.3 is 16.4 Å². The quantitative estimate of drug-likeness (QED) is 0.758. The fourth-order valence-electron chi connectivity index (χ4n) is 1.60. The maximum absolute atomic E-state index is 11.7. The van der Waals surface area contributed by atoms with Crippen molar-refractivity contribution in [2.45, 2.75) is 32.2 Å². The van der Waals surface area contributed by atoms with Gasteiger partial charge in [-0.2, -0.15) is 5.26 Å². The maximum atomic E-state index is 11.7. The molecule has 0 aliphatic heterocycles. The summed E-state index contributed by atoms with van der Waals surface area (Å²) in [6.07, 6.45) is 1.60. The van der Waals surface area contributed by atoms with E-state index in [9.17, 15) is 4.79 Å². The minimum atomic E-state index is -0.369. The first-order valence-electron chi connectivity index (χ1n) is 6.37. The number of nitriles is 1. The van der Waals surface area contributed by atoms with Crippen LogP contribution in [0.15, 0.2) is 24.3 Å². The number of benzene rings is 1. The van der Waals surface area contributed by atoms with Crippen molar-refractivity contribution in [1.82, 2.24) is 5.32 Å². The van der Waals surface area contributed by atoms with Crippen molar-refractivity contribution in [3.63, 3.8) is 0 Å². The third kappa shape index (κ3) is 4.60. The molecule has 0 radical (unpaired) electrons. The normalized spacial score (nSPS) is 10.6. The lowest BCUT2D eigenvalue weighted by Crippen LogP contribution is -2.50. The molecule has 102 valence electrons. The molecule has 0 heterocycles. The number of carbonyl (C=O) groups is 1. The molecule has 0 aliphatic rings. The first kappa shape index (κ1) is 15.0. The van der Waals surface area contributed by atoms with Gasteiger partial charge in [0.15, 0.2) is 0 Å². The largest absolute Gasteiger partial charge is 0.336 e. The molecule has 1 aromatic rings. The van der Waals surface area contributed by atoms with E-state index in [0.717, 1.165) is 12.8 Å². The van der Waals surface area contributed by atoms with Crippen LogP contribution in [0.3, 0.4) is 0 Å². The van der Waals surface area contributed by atoms with Crippen molar-refractivity contribution in [2.75, 3.05) is 11.9 Å². The molecular weight excluding hydrogens is 240 g/mol. The van der Waals surface area contributed by atoms with E-state index >= 15 is 0 Å². The Balaban J connectivity index is 2.54. The number of carbonyl (C=O) groups excluding carboxylic acids is 1. The van der Waals surface area contributed by atoms with Crippen molar-refractivity contribution in [2.24, 2.45) is 5.73 Å². The fourth-order valence-corrected chi connectivity index (χ4v) is 1.60. The van der Waals surface area contributed by atoms with E-state index in [1.165, 1.54) is 0 Å². The summed E-state index contributed by atoms with van der Waals surface area (Å²) >= 11 is 0. The molecular formula is C14H20N4O. The van der Waals surface area contributed by atoms with Crippen LogP contribution in [0.25, 0.3) is 0 Å². The van der Waals surface area contributed by atoms with Crippen LogP contribution in [0.5, 0.6) is 0 Å². The summed E-state index contributed by atoms with van der Waals surface area (Å²) in [6.45, 7) is 4.42. The summed E-state index contributed by atoms with van der Waals surface area (Å²) < 4.78 is 0. The topological polar surface area (TPSA) is 90.9 Å². The molecule has 1 rings (SSSR count). The molecule has 0 aliphatic carbocycles. The predicted molar refractivity (Wildman–Crippen MR) is 75.7 cm³/mol. The first-order valence-corrected chi connectivity index (χ1v) is 6.37. The Hall–Kier alpha value is -2.06. The number of anilines is 1. The van der Waals surface area contributed by atoms with Crippen molar-refractivity contribution in [1.29, 1.82) is 5.26 Å². The van der Waals surface area contributed by atoms with Crippen LogP contribution in [0.2, 0.25) is 0 Å². The third-order valence-corrected chi connectivity index (χ3v) is 3.26. The number of hydrogen-bond donors (Lipinski definition) is 3. The van der Waals surface area contributed by atoms with Gasteiger partial charge in [0, 0.05) is 17.8 Å². The lowest BCUT2D eigenvalue weighted by Gasteiger charge is -2.26. The lowest BCUT2D eigenvalue weighted by atomic mass is 9.94. The monoisotopic (exact) mass is 260 g/mol. The molecule has 0 unspecified atom stereocenters. The Morgan fingerprint density at radius 3 is 2.68 bits per heavy atom. The minimum absolute atomic E-state index is 0.313. The number of hydrogen-bond acceptors (Lipinski definition) is 3.